The molecule has 1 aromatic carbocycles. The molecule has 1 heterocycles. The van der Waals surface area contributed by atoms with Crippen molar-refractivity contribution in [2.75, 3.05) is 0 Å². The number of benzene rings is 1. The second-order valence-electron chi connectivity index (χ2n) is 3.58. The van der Waals surface area contributed by atoms with Crippen LogP contribution in [0.1, 0.15) is 25.9 Å². The molecule has 0 saturated heterocycles. The van der Waals surface area contributed by atoms with Crippen LogP contribution in [-0.4, -0.2) is 22.3 Å². The van der Waals surface area contributed by atoms with Crippen LogP contribution >= 0.6 is 11.3 Å². The fourth-order valence-corrected chi connectivity index (χ4v) is 2.00. The number of hydrogen-bond acceptors (Lipinski definition) is 5. The first-order chi connectivity index (χ1) is 9.08. The quantitative estimate of drug-likeness (QED) is 0.851. The van der Waals surface area contributed by atoms with Crippen molar-refractivity contribution in [1.82, 2.24) is 4.98 Å². The number of ether oxygens (including phenoxy) is 1. The summed E-state index contributed by atoms with van der Waals surface area (Å²) in [6.07, 6.45) is 0.515. The van der Waals surface area contributed by atoms with Crippen LogP contribution in [0.4, 0.5) is 4.39 Å². The van der Waals surface area contributed by atoms with Crippen LogP contribution in [0.25, 0.3) is 0 Å². The Morgan fingerprint density at radius 3 is 2.89 bits per heavy atom. The standard InChI is InChI=1S/C12H8FNO4S/c13-8-1-7(4-15)2-10(3-8)18-5-9-6-19-11(14-9)12(16)17/h1-4,6H,5H2,(H,16,17). The average molecular weight is 281 g/mol. The van der Waals surface area contributed by atoms with Gasteiger partial charge in [0.25, 0.3) is 0 Å². The van der Waals surface area contributed by atoms with Gasteiger partial charge in [-0.2, -0.15) is 0 Å². The van der Waals surface area contributed by atoms with Crippen molar-refractivity contribution in [3.8, 4) is 5.75 Å². The van der Waals surface area contributed by atoms with Gasteiger partial charge in [0.15, 0.2) is 0 Å². The van der Waals surface area contributed by atoms with Gasteiger partial charge in [-0.1, -0.05) is 0 Å². The molecular formula is C12H8FNO4S. The molecule has 1 N–H and O–H groups in total. The van der Waals surface area contributed by atoms with Crippen LogP contribution < -0.4 is 4.74 Å². The monoisotopic (exact) mass is 281 g/mol. The van der Waals surface area contributed by atoms with Crippen molar-refractivity contribution >= 4 is 23.6 Å². The summed E-state index contributed by atoms with van der Waals surface area (Å²) >= 11 is 0.983. The predicted octanol–water partition coefficient (Wildman–Crippen LogP) is 2.37. The SMILES string of the molecule is O=Cc1cc(F)cc(OCc2csc(C(=O)O)n2)c1. The maximum absolute atomic E-state index is 13.1. The Hall–Kier alpha value is -2.28. The van der Waals surface area contributed by atoms with E-state index in [0.29, 0.717) is 12.0 Å². The van der Waals surface area contributed by atoms with Gasteiger partial charge in [0, 0.05) is 17.0 Å². The molecule has 7 heteroatoms. The molecule has 0 aliphatic rings. The van der Waals surface area contributed by atoms with Crippen LogP contribution in [0.15, 0.2) is 23.6 Å². The van der Waals surface area contributed by atoms with Crippen LogP contribution in [0.5, 0.6) is 5.75 Å². The Labute approximate surface area is 111 Å². The van der Waals surface area contributed by atoms with Crippen LogP contribution in [0, 0.1) is 5.82 Å². The molecule has 0 atom stereocenters. The van der Waals surface area contributed by atoms with Crippen molar-refractivity contribution in [3.63, 3.8) is 0 Å². The third kappa shape index (κ3) is 3.35. The molecule has 5 nitrogen and oxygen atoms in total. The van der Waals surface area contributed by atoms with Crippen LogP contribution in [0.3, 0.4) is 0 Å². The van der Waals surface area contributed by atoms with Crippen LogP contribution in [0.2, 0.25) is 0 Å². The highest BCUT2D eigenvalue weighted by molar-refractivity contribution is 7.11. The maximum Gasteiger partial charge on any atom is 0.365 e. The lowest BCUT2D eigenvalue weighted by molar-refractivity contribution is 0.0696. The highest BCUT2D eigenvalue weighted by Gasteiger charge is 2.09. The smallest absolute Gasteiger partial charge is 0.365 e. The van der Waals surface area contributed by atoms with Gasteiger partial charge >= 0.3 is 5.97 Å². The second kappa shape index (κ2) is 5.57. The zero-order valence-electron chi connectivity index (χ0n) is 9.50. The average Bonchev–Trinajstić information content (AvgIpc) is 2.84. The molecule has 19 heavy (non-hydrogen) atoms. The summed E-state index contributed by atoms with van der Waals surface area (Å²) in [5, 5.41) is 10.2. The predicted molar refractivity (Wildman–Crippen MR) is 65.2 cm³/mol. The summed E-state index contributed by atoms with van der Waals surface area (Å²) in [5.41, 5.74) is 0.596. The number of aldehydes is 1. The largest absolute Gasteiger partial charge is 0.487 e. The number of hydrogen-bond donors (Lipinski definition) is 1. The van der Waals surface area contributed by atoms with Crippen molar-refractivity contribution in [1.29, 1.82) is 0 Å². The van der Waals surface area contributed by atoms with E-state index in [2.05, 4.69) is 4.98 Å². The third-order valence-electron chi connectivity index (χ3n) is 2.15. The molecule has 2 rings (SSSR count). The first-order valence-corrected chi connectivity index (χ1v) is 6.02. The number of carboxylic acid groups (broad SMARTS) is 1. The number of halogens is 1. The number of aromatic nitrogens is 1. The summed E-state index contributed by atoms with van der Waals surface area (Å²) in [6, 6.07) is 3.61. The molecule has 0 unspecified atom stereocenters. The summed E-state index contributed by atoms with van der Waals surface area (Å²) < 4.78 is 18.4. The van der Waals surface area contributed by atoms with Gasteiger partial charge in [-0.15, -0.1) is 11.3 Å². The van der Waals surface area contributed by atoms with Crippen molar-refractivity contribution < 1.29 is 23.8 Å². The Morgan fingerprint density at radius 1 is 1.47 bits per heavy atom. The lowest BCUT2D eigenvalue weighted by Gasteiger charge is -2.04. The van der Waals surface area contributed by atoms with E-state index in [-0.39, 0.29) is 22.9 Å². The molecule has 0 radical (unpaired) electrons. The molecular weight excluding hydrogens is 273 g/mol. The lowest BCUT2D eigenvalue weighted by Crippen LogP contribution is -1.99. The van der Waals surface area contributed by atoms with E-state index in [4.69, 9.17) is 9.84 Å². The number of rotatable bonds is 5. The lowest BCUT2D eigenvalue weighted by atomic mass is 10.2. The Morgan fingerprint density at radius 2 is 2.26 bits per heavy atom. The van der Waals surface area contributed by atoms with E-state index in [1.54, 1.807) is 5.38 Å². The van der Waals surface area contributed by atoms with Crippen molar-refractivity contribution in [3.05, 3.63) is 45.7 Å². The third-order valence-corrected chi connectivity index (χ3v) is 3.03. The first kappa shape index (κ1) is 13.2. The van der Waals surface area contributed by atoms with Gasteiger partial charge in [-0.05, 0) is 12.1 Å². The van der Waals surface area contributed by atoms with Gasteiger partial charge in [0.1, 0.15) is 24.5 Å². The van der Waals surface area contributed by atoms with E-state index in [0.717, 1.165) is 23.5 Å². The minimum atomic E-state index is -1.11. The molecule has 1 aromatic heterocycles. The van der Waals surface area contributed by atoms with E-state index in [9.17, 15) is 14.0 Å². The molecule has 0 bridgehead atoms. The number of thiazole rings is 1. The summed E-state index contributed by atoms with van der Waals surface area (Å²) in [7, 11) is 0. The fraction of sp³-hybridized carbons (Fsp3) is 0.0833. The number of carbonyl (C=O) groups excluding carboxylic acids is 1. The Bertz CT molecular complexity index is 626. The van der Waals surface area contributed by atoms with E-state index in [1.165, 1.54) is 6.07 Å². The summed E-state index contributed by atoms with van der Waals surface area (Å²) in [4.78, 5) is 25.0. The number of nitrogens with zero attached hydrogens (tertiary/aromatic N) is 1. The summed E-state index contributed by atoms with van der Waals surface area (Å²) in [5.74, 6) is -1.50. The first-order valence-electron chi connectivity index (χ1n) is 5.15. The summed E-state index contributed by atoms with van der Waals surface area (Å²) in [6.45, 7) is 0.00549. The Kier molecular flexibility index (Phi) is 3.86. The van der Waals surface area contributed by atoms with Gasteiger partial charge < -0.3 is 9.84 Å². The molecule has 0 amide bonds. The molecule has 0 aliphatic carbocycles. The molecule has 0 spiro atoms. The maximum atomic E-state index is 13.1. The molecule has 0 saturated carbocycles. The van der Waals surface area contributed by atoms with Gasteiger partial charge in [0.2, 0.25) is 5.01 Å². The highest BCUT2D eigenvalue weighted by atomic mass is 32.1. The topological polar surface area (TPSA) is 76.5 Å². The normalized spacial score (nSPS) is 10.2. The number of aromatic carboxylic acids is 1. The minimum absolute atomic E-state index is 0.00549. The number of carboxylic acids is 1. The second-order valence-corrected chi connectivity index (χ2v) is 4.43. The van der Waals surface area contributed by atoms with Gasteiger partial charge in [-0.3, -0.25) is 4.79 Å². The molecule has 0 fully saturated rings. The molecule has 2 aromatic rings. The van der Waals surface area contributed by atoms with Crippen LogP contribution in [-0.2, 0) is 6.61 Å². The van der Waals surface area contributed by atoms with E-state index < -0.39 is 11.8 Å². The highest BCUT2D eigenvalue weighted by Crippen LogP contribution is 2.18. The van der Waals surface area contributed by atoms with Crippen molar-refractivity contribution in [2.24, 2.45) is 0 Å². The van der Waals surface area contributed by atoms with Gasteiger partial charge in [-0.25, -0.2) is 14.2 Å². The molecule has 98 valence electrons. The Balaban J connectivity index is 2.07. The van der Waals surface area contributed by atoms with Crippen molar-refractivity contribution in [2.45, 2.75) is 6.61 Å². The fourth-order valence-electron chi connectivity index (χ4n) is 1.36. The zero-order valence-corrected chi connectivity index (χ0v) is 10.3. The zero-order chi connectivity index (χ0) is 13.8. The van der Waals surface area contributed by atoms with E-state index in [1.807, 2.05) is 0 Å². The molecule has 0 aliphatic heterocycles. The van der Waals surface area contributed by atoms with Gasteiger partial charge in [0.05, 0.1) is 5.69 Å². The number of carbonyl (C=O) groups is 2. The minimum Gasteiger partial charge on any atom is -0.487 e. The van der Waals surface area contributed by atoms with E-state index >= 15 is 0 Å².